The Morgan fingerprint density at radius 1 is 1.71 bits per heavy atom. The molecular formula is C12H18O2. The van der Waals surface area contributed by atoms with Crippen LogP contribution < -0.4 is 0 Å². The van der Waals surface area contributed by atoms with E-state index in [0.29, 0.717) is 5.92 Å². The molecular weight excluding hydrogens is 176 g/mol. The van der Waals surface area contributed by atoms with Gasteiger partial charge in [-0.2, -0.15) is 0 Å². The highest BCUT2D eigenvalue weighted by molar-refractivity contribution is 5.75. The first-order valence-electron chi connectivity index (χ1n) is 5.53. The first-order valence-corrected chi connectivity index (χ1v) is 5.53. The predicted molar refractivity (Wildman–Crippen MR) is 54.8 cm³/mol. The summed E-state index contributed by atoms with van der Waals surface area (Å²) in [5, 5.41) is 0. The van der Waals surface area contributed by atoms with Crippen LogP contribution >= 0.6 is 0 Å². The summed E-state index contributed by atoms with van der Waals surface area (Å²) in [5.74, 6) is 0.594. The molecule has 2 aliphatic rings. The van der Waals surface area contributed by atoms with Crippen LogP contribution in [-0.4, -0.2) is 11.6 Å². The molecule has 0 amide bonds. The molecule has 2 fully saturated rings. The van der Waals surface area contributed by atoms with Crippen LogP contribution in [0.5, 0.6) is 0 Å². The first kappa shape index (κ1) is 9.75. The van der Waals surface area contributed by atoms with Gasteiger partial charge in [0.1, 0.15) is 5.60 Å². The number of fused-ring (bicyclic) bond motifs is 1. The summed E-state index contributed by atoms with van der Waals surface area (Å²) in [6.45, 7) is 5.74. The highest BCUT2D eigenvalue weighted by Gasteiger charge is 2.55. The minimum absolute atomic E-state index is 0.0127. The fourth-order valence-corrected chi connectivity index (χ4v) is 3.07. The second-order valence-corrected chi connectivity index (χ2v) is 4.60. The van der Waals surface area contributed by atoms with Crippen LogP contribution in [0.2, 0.25) is 0 Å². The molecule has 1 saturated carbocycles. The van der Waals surface area contributed by atoms with Crippen LogP contribution in [0.1, 0.15) is 39.0 Å². The summed E-state index contributed by atoms with van der Waals surface area (Å²) in [6, 6.07) is 0. The molecule has 14 heavy (non-hydrogen) atoms. The molecule has 1 aliphatic heterocycles. The van der Waals surface area contributed by atoms with Crippen molar-refractivity contribution in [3.63, 3.8) is 0 Å². The van der Waals surface area contributed by atoms with Crippen molar-refractivity contribution in [1.82, 2.24) is 0 Å². The highest BCUT2D eigenvalue weighted by atomic mass is 16.6. The molecule has 0 bridgehead atoms. The zero-order valence-electron chi connectivity index (χ0n) is 8.79. The molecule has 3 atom stereocenters. The van der Waals surface area contributed by atoms with Gasteiger partial charge in [0, 0.05) is 5.92 Å². The van der Waals surface area contributed by atoms with Gasteiger partial charge in [-0.3, -0.25) is 4.79 Å². The second kappa shape index (κ2) is 3.41. The fourth-order valence-electron chi connectivity index (χ4n) is 3.07. The van der Waals surface area contributed by atoms with Crippen LogP contribution in [0.4, 0.5) is 0 Å². The van der Waals surface area contributed by atoms with E-state index in [-0.39, 0.29) is 17.5 Å². The minimum atomic E-state index is -0.120. The summed E-state index contributed by atoms with van der Waals surface area (Å²) in [6.07, 6.45) is 7.26. The topological polar surface area (TPSA) is 26.3 Å². The van der Waals surface area contributed by atoms with Gasteiger partial charge >= 0.3 is 5.97 Å². The Kier molecular flexibility index (Phi) is 2.38. The number of ether oxygens (including phenoxy) is 1. The van der Waals surface area contributed by atoms with Gasteiger partial charge in [-0.05, 0) is 32.1 Å². The quantitative estimate of drug-likeness (QED) is 0.510. The maximum absolute atomic E-state index is 11.5. The SMILES string of the molecule is C=CCCC12CCCC1C(C)C(=O)O2. The van der Waals surface area contributed by atoms with Gasteiger partial charge in [0.05, 0.1) is 5.92 Å². The van der Waals surface area contributed by atoms with Gasteiger partial charge in [0.2, 0.25) is 0 Å². The van der Waals surface area contributed by atoms with Gasteiger partial charge < -0.3 is 4.74 Å². The van der Waals surface area contributed by atoms with Gasteiger partial charge in [0.25, 0.3) is 0 Å². The molecule has 3 unspecified atom stereocenters. The molecule has 2 rings (SSSR count). The molecule has 2 nitrogen and oxygen atoms in total. The van der Waals surface area contributed by atoms with Crippen LogP contribution in [0.3, 0.4) is 0 Å². The highest BCUT2D eigenvalue weighted by Crippen LogP contribution is 2.51. The lowest BCUT2D eigenvalue weighted by atomic mass is 9.82. The van der Waals surface area contributed by atoms with Gasteiger partial charge in [-0.15, -0.1) is 6.58 Å². The van der Waals surface area contributed by atoms with Crippen LogP contribution in [-0.2, 0) is 9.53 Å². The van der Waals surface area contributed by atoms with E-state index in [2.05, 4.69) is 6.58 Å². The van der Waals surface area contributed by atoms with E-state index in [1.165, 1.54) is 6.42 Å². The standard InChI is InChI=1S/C12H18O2/c1-3-4-7-12-8-5-6-10(12)9(2)11(13)14-12/h3,9-10H,1,4-8H2,2H3. The van der Waals surface area contributed by atoms with Crippen molar-refractivity contribution in [2.75, 3.05) is 0 Å². The Balaban J connectivity index is 2.15. The molecule has 0 spiro atoms. The maximum Gasteiger partial charge on any atom is 0.309 e. The van der Waals surface area contributed by atoms with E-state index in [9.17, 15) is 4.79 Å². The molecule has 2 heteroatoms. The van der Waals surface area contributed by atoms with Crippen molar-refractivity contribution in [3.8, 4) is 0 Å². The summed E-state index contributed by atoms with van der Waals surface area (Å²) < 4.78 is 5.60. The van der Waals surface area contributed by atoms with Gasteiger partial charge in [-0.1, -0.05) is 13.0 Å². The lowest BCUT2D eigenvalue weighted by molar-refractivity contribution is -0.151. The molecule has 0 aromatic carbocycles. The van der Waals surface area contributed by atoms with E-state index < -0.39 is 0 Å². The number of rotatable bonds is 3. The van der Waals surface area contributed by atoms with Crippen molar-refractivity contribution in [2.24, 2.45) is 11.8 Å². The van der Waals surface area contributed by atoms with E-state index in [1.54, 1.807) is 0 Å². The number of hydrogen-bond donors (Lipinski definition) is 0. The average molecular weight is 194 g/mol. The molecule has 0 N–H and O–H groups in total. The summed E-state index contributed by atoms with van der Waals surface area (Å²) >= 11 is 0. The number of carbonyl (C=O) groups excluding carboxylic acids is 1. The monoisotopic (exact) mass is 194 g/mol. The zero-order valence-corrected chi connectivity index (χ0v) is 8.79. The molecule has 0 radical (unpaired) electrons. The second-order valence-electron chi connectivity index (χ2n) is 4.60. The fraction of sp³-hybridized carbons (Fsp3) is 0.750. The summed E-state index contributed by atoms with van der Waals surface area (Å²) in [4.78, 5) is 11.5. The van der Waals surface area contributed by atoms with E-state index >= 15 is 0 Å². The Hall–Kier alpha value is -0.790. The molecule has 1 saturated heterocycles. The summed E-state index contributed by atoms with van der Waals surface area (Å²) in [7, 11) is 0. The van der Waals surface area contributed by atoms with Gasteiger partial charge in [-0.25, -0.2) is 0 Å². The van der Waals surface area contributed by atoms with Crippen molar-refractivity contribution >= 4 is 5.97 Å². The van der Waals surface area contributed by atoms with Crippen LogP contribution in [0, 0.1) is 11.8 Å². The van der Waals surface area contributed by atoms with Crippen LogP contribution in [0.25, 0.3) is 0 Å². The normalized spacial score (nSPS) is 40.8. The van der Waals surface area contributed by atoms with E-state index in [0.717, 1.165) is 25.7 Å². The van der Waals surface area contributed by atoms with Crippen molar-refractivity contribution in [2.45, 2.75) is 44.6 Å². The minimum Gasteiger partial charge on any atom is -0.459 e. The lowest BCUT2D eigenvalue weighted by Crippen LogP contribution is -2.31. The number of allylic oxidation sites excluding steroid dienone is 1. The van der Waals surface area contributed by atoms with Crippen molar-refractivity contribution in [3.05, 3.63) is 12.7 Å². The third-order valence-corrected chi connectivity index (χ3v) is 3.84. The third-order valence-electron chi connectivity index (χ3n) is 3.84. The Morgan fingerprint density at radius 2 is 2.50 bits per heavy atom. The van der Waals surface area contributed by atoms with Gasteiger partial charge in [0.15, 0.2) is 0 Å². The molecule has 0 aromatic heterocycles. The zero-order chi connectivity index (χ0) is 10.2. The van der Waals surface area contributed by atoms with E-state index in [1.807, 2.05) is 13.0 Å². The third kappa shape index (κ3) is 1.28. The Morgan fingerprint density at radius 3 is 3.21 bits per heavy atom. The molecule has 1 aliphatic carbocycles. The summed E-state index contributed by atoms with van der Waals surface area (Å²) in [5.41, 5.74) is -0.120. The maximum atomic E-state index is 11.5. The Labute approximate surface area is 85.3 Å². The number of carbonyl (C=O) groups is 1. The Bertz CT molecular complexity index is 259. The first-order chi connectivity index (χ1) is 6.69. The lowest BCUT2D eigenvalue weighted by Gasteiger charge is -2.27. The number of hydrogen-bond acceptors (Lipinski definition) is 2. The van der Waals surface area contributed by atoms with Crippen LogP contribution in [0.15, 0.2) is 12.7 Å². The van der Waals surface area contributed by atoms with Crippen molar-refractivity contribution < 1.29 is 9.53 Å². The van der Waals surface area contributed by atoms with Crippen molar-refractivity contribution in [1.29, 1.82) is 0 Å². The number of esters is 1. The predicted octanol–water partition coefficient (Wildman–Crippen LogP) is 2.68. The molecule has 78 valence electrons. The largest absolute Gasteiger partial charge is 0.459 e. The van der Waals surface area contributed by atoms with E-state index in [4.69, 9.17) is 4.74 Å². The smallest absolute Gasteiger partial charge is 0.309 e. The average Bonchev–Trinajstić information content (AvgIpc) is 2.65. The molecule has 0 aromatic rings. The molecule has 1 heterocycles.